The molecule has 2 aliphatic carbocycles. The Hall–Kier alpha value is -3.68. The SMILES string of the molecule is Clc1cc(-c2ccc3c(c2)Cc2ccccc2-3)nc(-c2ccc3c(c2)Cc2ccccc2-3)c1. The van der Waals surface area contributed by atoms with Gasteiger partial charge in [-0.2, -0.15) is 0 Å². The number of nitrogens with zero attached hydrogens (tertiary/aromatic N) is 1. The quantitative estimate of drug-likeness (QED) is 0.263. The molecule has 0 bridgehead atoms. The molecule has 7 rings (SSSR count). The number of rotatable bonds is 2. The molecule has 0 spiro atoms. The van der Waals surface area contributed by atoms with E-state index >= 15 is 0 Å². The summed E-state index contributed by atoms with van der Waals surface area (Å²) in [7, 11) is 0. The first-order valence-electron chi connectivity index (χ1n) is 11.3. The van der Waals surface area contributed by atoms with Gasteiger partial charge in [-0.1, -0.05) is 84.4 Å². The van der Waals surface area contributed by atoms with Crippen LogP contribution in [0.5, 0.6) is 0 Å². The van der Waals surface area contributed by atoms with Crippen molar-refractivity contribution in [3.05, 3.63) is 124 Å². The van der Waals surface area contributed by atoms with E-state index in [9.17, 15) is 0 Å². The van der Waals surface area contributed by atoms with E-state index in [1.807, 2.05) is 12.1 Å². The lowest BCUT2D eigenvalue weighted by Gasteiger charge is -2.10. The smallest absolute Gasteiger partial charge is 0.0724 e. The molecule has 0 amide bonds. The minimum absolute atomic E-state index is 0.711. The van der Waals surface area contributed by atoms with Crippen molar-refractivity contribution in [2.24, 2.45) is 0 Å². The Morgan fingerprint density at radius 3 is 1.45 bits per heavy atom. The number of fused-ring (bicyclic) bond motifs is 6. The number of halogens is 1. The number of hydrogen-bond acceptors (Lipinski definition) is 1. The van der Waals surface area contributed by atoms with E-state index < -0.39 is 0 Å². The fourth-order valence-electron chi connectivity index (χ4n) is 5.40. The average Bonchev–Trinajstić information content (AvgIpc) is 3.40. The minimum Gasteiger partial charge on any atom is -0.248 e. The zero-order chi connectivity index (χ0) is 21.9. The van der Waals surface area contributed by atoms with Gasteiger partial charge < -0.3 is 0 Å². The highest BCUT2D eigenvalue weighted by molar-refractivity contribution is 6.31. The molecular formula is C31H20ClN. The van der Waals surface area contributed by atoms with Crippen LogP contribution in [-0.4, -0.2) is 4.98 Å². The molecule has 0 atom stereocenters. The van der Waals surface area contributed by atoms with Crippen LogP contribution in [0.4, 0.5) is 0 Å². The van der Waals surface area contributed by atoms with Gasteiger partial charge in [0, 0.05) is 16.1 Å². The van der Waals surface area contributed by atoms with E-state index in [4.69, 9.17) is 16.6 Å². The Morgan fingerprint density at radius 1 is 0.485 bits per heavy atom. The molecule has 5 aromatic rings. The topological polar surface area (TPSA) is 12.9 Å². The minimum atomic E-state index is 0.711. The van der Waals surface area contributed by atoms with Crippen LogP contribution < -0.4 is 0 Å². The molecule has 0 saturated heterocycles. The van der Waals surface area contributed by atoms with Crippen molar-refractivity contribution < 1.29 is 0 Å². The van der Waals surface area contributed by atoms with Crippen LogP contribution in [0.3, 0.4) is 0 Å². The van der Waals surface area contributed by atoms with Crippen LogP contribution in [0.1, 0.15) is 22.3 Å². The average molecular weight is 442 g/mol. The fraction of sp³-hybridized carbons (Fsp3) is 0.0645. The zero-order valence-corrected chi connectivity index (χ0v) is 18.7. The van der Waals surface area contributed by atoms with E-state index in [0.29, 0.717) is 5.02 Å². The lowest BCUT2D eigenvalue weighted by Crippen LogP contribution is -1.91. The van der Waals surface area contributed by atoms with E-state index in [-0.39, 0.29) is 0 Å². The van der Waals surface area contributed by atoms with E-state index in [1.54, 1.807) is 0 Å². The van der Waals surface area contributed by atoms with Crippen LogP contribution in [-0.2, 0) is 12.8 Å². The van der Waals surface area contributed by atoms with Gasteiger partial charge in [0.1, 0.15) is 0 Å². The third-order valence-electron chi connectivity index (χ3n) is 6.97. The largest absolute Gasteiger partial charge is 0.248 e. The molecule has 1 heterocycles. The van der Waals surface area contributed by atoms with Crippen molar-refractivity contribution in [1.82, 2.24) is 4.98 Å². The molecule has 2 heteroatoms. The molecule has 4 aromatic carbocycles. The summed E-state index contributed by atoms with van der Waals surface area (Å²) in [6, 6.07) is 34.6. The Balaban J connectivity index is 1.28. The summed E-state index contributed by atoms with van der Waals surface area (Å²) < 4.78 is 0. The Morgan fingerprint density at radius 2 is 0.939 bits per heavy atom. The van der Waals surface area contributed by atoms with Crippen molar-refractivity contribution in [3.8, 4) is 44.8 Å². The summed E-state index contributed by atoms with van der Waals surface area (Å²) in [5, 5.41) is 0.711. The molecular weight excluding hydrogens is 422 g/mol. The number of hydrogen-bond donors (Lipinski definition) is 0. The standard InChI is InChI=1S/C31H20ClN/c32-25-17-30(21-9-11-28-23(15-21)13-19-5-1-3-7-26(19)28)33-31(18-25)22-10-12-29-24(16-22)14-20-6-2-4-8-27(20)29/h1-12,15-18H,13-14H2. The first-order valence-corrected chi connectivity index (χ1v) is 11.7. The van der Waals surface area contributed by atoms with E-state index in [1.165, 1.54) is 44.5 Å². The second-order valence-electron chi connectivity index (χ2n) is 8.97. The van der Waals surface area contributed by atoms with Crippen LogP contribution >= 0.6 is 11.6 Å². The number of pyridine rings is 1. The molecule has 0 fully saturated rings. The summed E-state index contributed by atoms with van der Waals surface area (Å²) in [6.45, 7) is 0. The predicted octanol–water partition coefficient (Wildman–Crippen LogP) is 8.21. The van der Waals surface area contributed by atoms with Crippen LogP contribution in [0.15, 0.2) is 97.1 Å². The van der Waals surface area contributed by atoms with Crippen molar-refractivity contribution in [1.29, 1.82) is 0 Å². The Labute approximate surface area is 198 Å². The Bertz CT molecular complexity index is 1470. The maximum Gasteiger partial charge on any atom is 0.0724 e. The monoisotopic (exact) mass is 441 g/mol. The zero-order valence-electron chi connectivity index (χ0n) is 18.0. The van der Waals surface area contributed by atoms with Gasteiger partial charge in [-0.05, 0) is 81.6 Å². The number of aromatic nitrogens is 1. The van der Waals surface area contributed by atoms with Gasteiger partial charge in [-0.15, -0.1) is 0 Å². The maximum atomic E-state index is 6.59. The first-order chi connectivity index (χ1) is 16.2. The van der Waals surface area contributed by atoms with Gasteiger partial charge in [0.05, 0.1) is 11.4 Å². The molecule has 0 saturated carbocycles. The van der Waals surface area contributed by atoms with Crippen molar-refractivity contribution >= 4 is 11.6 Å². The lowest BCUT2D eigenvalue weighted by molar-refractivity contribution is 1.25. The van der Waals surface area contributed by atoms with Crippen LogP contribution in [0.25, 0.3) is 44.8 Å². The summed E-state index contributed by atoms with van der Waals surface area (Å²) in [6.07, 6.45) is 1.94. The van der Waals surface area contributed by atoms with Gasteiger partial charge in [-0.3, -0.25) is 0 Å². The summed E-state index contributed by atoms with van der Waals surface area (Å²) in [5.74, 6) is 0. The highest BCUT2D eigenvalue weighted by atomic mass is 35.5. The second kappa shape index (κ2) is 7.16. The lowest BCUT2D eigenvalue weighted by atomic mass is 10.00. The molecule has 1 nitrogen and oxygen atoms in total. The number of benzene rings is 4. The Kier molecular flexibility index (Phi) is 4.09. The summed E-state index contributed by atoms with van der Waals surface area (Å²) in [4.78, 5) is 5.04. The molecule has 0 radical (unpaired) electrons. The fourth-order valence-corrected chi connectivity index (χ4v) is 5.61. The summed E-state index contributed by atoms with van der Waals surface area (Å²) in [5.41, 5.74) is 14.9. The van der Waals surface area contributed by atoms with Crippen LogP contribution in [0.2, 0.25) is 5.02 Å². The van der Waals surface area contributed by atoms with Gasteiger partial charge in [0.2, 0.25) is 0 Å². The molecule has 0 unspecified atom stereocenters. The predicted molar refractivity (Wildman–Crippen MR) is 137 cm³/mol. The maximum absolute atomic E-state index is 6.59. The van der Waals surface area contributed by atoms with Gasteiger partial charge in [0.15, 0.2) is 0 Å². The summed E-state index contributed by atoms with van der Waals surface area (Å²) >= 11 is 6.59. The van der Waals surface area contributed by atoms with E-state index in [0.717, 1.165) is 35.4 Å². The van der Waals surface area contributed by atoms with Gasteiger partial charge >= 0.3 is 0 Å². The molecule has 156 valence electrons. The van der Waals surface area contributed by atoms with Gasteiger partial charge in [-0.25, -0.2) is 4.98 Å². The third-order valence-corrected chi connectivity index (χ3v) is 7.19. The highest BCUT2D eigenvalue weighted by Gasteiger charge is 2.20. The molecule has 33 heavy (non-hydrogen) atoms. The molecule has 1 aromatic heterocycles. The third kappa shape index (κ3) is 3.04. The second-order valence-corrected chi connectivity index (χ2v) is 9.40. The van der Waals surface area contributed by atoms with E-state index in [2.05, 4.69) is 84.9 Å². The van der Waals surface area contributed by atoms with Crippen molar-refractivity contribution in [3.63, 3.8) is 0 Å². The van der Waals surface area contributed by atoms with Crippen molar-refractivity contribution in [2.45, 2.75) is 12.8 Å². The first kappa shape index (κ1) is 18.8. The highest BCUT2D eigenvalue weighted by Crippen LogP contribution is 2.40. The van der Waals surface area contributed by atoms with Crippen molar-refractivity contribution in [2.75, 3.05) is 0 Å². The van der Waals surface area contributed by atoms with Gasteiger partial charge in [0.25, 0.3) is 0 Å². The van der Waals surface area contributed by atoms with Crippen LogP contribution in [0, 0.1) is 0 Å². The molecule has 0 N–H and O–H groups in total. The molecule has 0 aliphatic heterocycles. The molecule has 2 aliphatic rings. The normalized spacial score (nSPS) is 12.8.